The van der Waals surface area contributed by atoms with Gasteiger partial charge in [0.25, 0.3) is 0 Å². The van der Waals surface area contributed by atoms with Crippen molar-refractivity contribution in [1.29, 1.82) is 5.26 Å². The second-order valence-electron chi connectivity index (χ2n) is 6.97. The summed E-state index contributed by atoms with van der Waals surface area (Å²) in [5, 5.41) is 14.8. The number of unbranched alkanes of at least 4 members (excludes halogenated alkanes) is 1. The number of nitrogens with one attached hydrogen (secondary N) is 2. The average molecular weight is 444 g/mol. The van der Waals surface area contributed by atoms with Crippen LogP contribution in [0.3, 0.4) is 0 Å². The molecule has 1 amide bonds. The van der Waals surface area contributed by atoms with Gasteiger partial charge in [-0.2, -0.15) is 5.26 Å². The highest BCUT2D eigenvalue weighted by Gasteiger charge is 2.10. The highest BCUT2D eigenvalue weighted by molar-refractivity contribution is 6.03. The Kier molecular flexibility index (Phi) is 8.37. The average Bonchev–Trinajstić information content (AvgIpc) is 2.85. The SMILES string of the molecule is CCCCOc1c(C=CC(=O)Nc2cccnc2Nc2ccc(C#N)cn2)cccc1OC. The zero-order valence-electron chi connectivity index (χ0n) is 18.5. The molecule has 0 unspecified atom stereocenters. The van der Waals surface area contributed by atoms with Crippen LogP contribution in [0.2, 0.25) is 0 Å². The zero-order valence-corrected chi connectivity index (χ0v) is 18.5. The lowest BCUT2D eigenvalue weighted by Crippen LogP contribution is -2.10. The highest BCUT2D eigenvalue weighted by Crippen LogP contribution is 2.32. The van der Waals surface area contributed by atoms with Crippen LogP contribution >= 0.6 is 0 Å². The fraction of sp³-hybridized carbons (Fsp3) is 0.200. The van der Waals surface area contributed by atoms with E-state index in [4.69, 9.17) is 14.7 Å². The van der Waals surface area contributed by atoms with Crippen molar-refractivity contribution in [2.24, 2.45) is 0 Å². The molecular weight excluding hydrogens is 418 g/mol. The van der Waals surface area contributed by atoms with Gasteiger partial charge in [0, 0.05) is 24.0 Å². The summed E-state index contributed by atoms with van der Waals surface area (Å²) in [4.78, 5) is 21.1. The van der Waals surface area contributed by atoms with Crippen molar-refractivity contribution < 1.29 is 14.3 Å². The van der Waals surface area contributed by atoms with Crippen molar-refractivity contribution >= 4 is 29.3 Å². The summed E-state index contributed by atoms with van der Waals surface area (Å²) >= 11 is 0. The first kappa shape index (κ1) is 23.3. The molecule has 0 fully saturated rings. The first-order chi connectivity index (χ1) is 16.1. The third-order valence-electron chi connectivity index (χ3n) is 4.59. The molecule has 0 saturated carbocycles. The van der Waals surface area contributed by atoms with Crippen LogP contribution in [0, 0.1) is 11.3 Å². The molecule has 1 aromatic carbocycles. The molecule has 0 spiro atoms. The van der Waals surface area contributed by atoms with E-state index in [-0.39, 0.29) is 5.91 Å². The van der Waals surface area contributed by atoms with Gasteiger partial charge < -0.3 is 20.1 Å². The van der Waals surface area contributed by atoms with Crippen molar-refractivity contribution in [1.82, 2.24) is 9.97 Å². The van der Waals surface area contributed by atoms with E-state index in [0.29, 0.717) is 41.0 Å². The second-order valence-corrected chi connectivity index (χ2v) is 6.97. The van der Waals surface area contributed by atoms with Crippen LogP contribution in [0.15, 0.2) is 60.9 Å². The monoisotopic (exact) mass is 443 g/mol. The first-order valence-corrected chi connectivity index (χ1v) is 10.5. The number of ether oxygens (including phenoxy) is 2. The van der Waals surface area contributed by atoms with Gasteiger partial charge in [-0.3, -0.25) is 4.79 Å². The summed E-state index contributed by atoms with van der Waals surface area (Å²) in [7, 11) is 1.59. The Morgan fingerprint density at radius 2 is 2.06 bits per heavy atom. The lowest BCUT2D eigenvalue weighted by atomic mass is 10.1. The summed E-state index contributed by atoms with van der Waals surface area (Å²) in [6, 6.07) is 14.3. The van der Waals surface area contributed by atoms with Gasteiger partial charge in [0.05, 0.1) is 25.0 Å². The maximum Gasteiger partial charge on any atom is 0.248 e. The minimum Gasteiger partial charge on any atom is -0.493 e. The lowest BCUT2D eigenvalue weighted by Gasteiger charge is -2.13. The van der Waals surface area contributed by atoms with Gasteiger partial charge in [-0.15, -0.1) is 0 Å². The van der Waals surface area contributed by atoms with Crippen molar-refractivity contribution in [2.45, 2.75) is 19.8 Å². The molecule has 0 aliphatic carbocycles. The van der Waals surface area contributed by atoms with Crippen molar-refractivity contribution in [2.75, 3.05) is 24.4 Å². The number of benzene rings is 1. The predicted molar refractivity (Wildman–Crippen MR) is 128 cm³/mol. The number of carbonyl (C=O) groups is 1. The fourth-order valence-corrected chi connectivity index (χ4v) is 2.90. The van der Waals surface area contributed by atoms with Gasteiger partial charge in [-0.05, 0) is 42.8 Å². The van der Waals surface area contributed by atoms with Gasteiger partial charge in [-0.25, -0.2) is 9.97 Å². The zero-order chi connectivity index (χ0) is 23.5. The van der Waals surface area contributed by atoms with E-state index in [0.717, 1.165) is 18.4 Å². The van der Waals surface area contributed by atoms with E-state index in [9.17, 15) is 4.79 Å². The molecule has 8 heteroatoms. The minimum atomic E-state index is -0.332. The summed E-state index contributed by atoms with van der Waals surface area (Å²) in [6.45, 7) is 2.66. The van der Waals surface area contributed by atoms with E-state index < -0.39 is 0 Å². The van der Waals surface area contributed by atoms with Crippen LogP contribution in [-0.4, -0.2) is 29.6 Å². The molecular formula is C25H25N5O3. The number of anilines is 3. The van der Waals surface area contributed by atoms with Crippen molar-refractivity contribution in [3.63, 3.8) is 0 Å². The van der Waals surface area contributed by atoms with Crippen LogP contribution in [0.4, 0.5) is 17.3 Å². The maximum atomic E-state index is 12.6. The van der Waals surface area contributed by atoms with Gasteiger partial charge in [0.2, 0.25) is 5.91 Å². The number of amides is 1. The first-order valence-electron chi connectivity index (χ1n) is 10.5. The summed E-state index contributed by atoms with van der Waals surface area (Å²) in [5.41, 5.74) is 1.69. The highest BCUT2D eigenvalue weighted by atomic mass is 16.5. The topological polar surface area (TPSA) is 109 Å². The van der Waals surface area contributed by atoms with Gasteiger partial charge >= 0.3 is 0 Å². The molecule has 0 saturated heterocycles. The van der Waals surface area contributed by atoms with Crippen LogP contribution in [-0.2, 0) is 4.79 Å². The minimum absolute atomic E-state index is 0.332. The van der Waals surface area contributed by atoms with Crippen LogP contribution < -0.4 is 20.1 Å². The molecule has 0 aliphatic heterocycles. The molecule has 2 heterocycles. The fourth-order valence-electron chi connectivity index (χ4n) is 2.90. The molecule has 0 bridgehead atoms. The summed E-state index contributed by atoms with van der Waals surface area (Å²) in [6.07, 6.45) is 8.12. The Labute approximate surface area is 192 Å². The normalized spacial score (nSPS) is 10.5. The predicted octanol–water partition coefficient (Wildman–Crippen LogP) is 4.93. The Hall–Kier alpha value is -4.38. The molecule has 33 heavy (non-hydrogen) atoms. The number of aromatic nitrogens is 2. The number of para-hydroxylation sites is 1. The number of hydrogen-bond acceptors (Lipinski definition) is 7. The van der Waals surface area contributed by atoms with E-state index in [1.54, 1.807) is 43.6 Å². The standard InChI is InChI=1S/C25H25N5O3/c1-3-4-15-33-24-19(7-5-9-21(24)32-2)11-13-23(31)29-20-8-6-14-27-25(20)30-22-12-10-18(16-26)17-28-22/h5-14,17H,3-4,15H2,1-2H3,(H,29,31)(H,27,28,30). The van der Waals surface area contributed by atoms with E-state index in [2.05, 4.69) is 27.5 Å². The molecule has 0 radical (unpaired) electrons. The Morgan fingerprint density at radius 1 is 1.18 bits per heavy atom. The van der Waals surface area contributed by atoms with Crippen LogP contribution in [0.25, 0.3) is 6.08 Å². The van der Waals surface area contributed by atoms with Crippen molar-refractivity contribution in [3.8, 4) is 17.6 Å². The molecule has 3 aromatic rings. The third-order valence-corrected chi connectivity index (χ3v) is 4.59. The summed E-state index contributed by atoms with van der Waals surface area (Å²) in [5.74, 6) is 1.82. The number of pyridine rings is 2. The summed E-state index contributed by atoms with van der Waals surface area (Å²) < 4.78 is 11.3. The van der Waals surface area contributed by atoms with Gasteiger partial charge in [-0.1, -0.05) is 25.5 Å². The molecule has 0 atom stereocenters. The largest absolute Gasteiger partial charge is 0.493 e. The molecule has 8 nitrogen and oxygen atoms in total. The number of hydrogen-bond donors (Lipinski definition) is 2. The second kappa shape index (κ2) is 11.9. The number of nitrogens with zero attached hydrogens (tertiary/aromatic N) is 3. The maximum absolute atomic E-state index is 12.6. The van der Waals surface area contributed by atoms with E-state index in [1.807, 2.05) is 24.3 Å². The quantitative estimate of drug-likeness (QED) is 0.338. The van der Waals surface area contributed by atoms with Gasteiger partial charge in [0.1, 0.15) is 11.9 Å². The Balaban J connectivity index is 1.73. The number of carbonyl (C=O) groups excluding carboxylic acids is 1. The van der Waals surface area contributed by atoms with E-state index >= 15 is 0 Å². The number of nitriles is 1. The lowest BCUT2D eigenvalue weighted by molar-refractivity contribution is -0.111. The van der Waals surface area contributed by atoms with Gasteiger partial charge in [0.15, 0.2) is 17.3 Å². The van der Waals surface area contributed by atoms with Crippen molar-refractivity contribution in [3.05, 3.63) is 72.1 Å². The molecule has 3 rings (SSSR count). The number of methoxy groups -OCH3 is 1. The Morgan fingerprint density at radius 3 is 2.79 bits per heavy atom. The molecule has 2 aromatic heterocycles. The third kappa shape index (κ3) is 6.55. The van der Waals surface area contributed by atoms with Crippen LogP contribution in [0.1, 0.15) is 30.9 Å². The molecule has 168 valence electrons. The van der Waals surface area contributed by atoms with Crippen LogP contribution in [0.5, 0.6) is 11.5 Å². The Bertz CT molecular complexity index is 1150. The molecule has 2 N–H and O–H groups in total. The van der Waals surface area contributed by atoms with E-state index in [1.165, 1.54) is 12.3 Å². The number of rotatable bonds is 10. The molecule has 0 aliphatic rings. The smallest absolute Gasteiger partial charge is 0.248 e.